The highest BCUT2D eigenvalue weighted by Gasteiger charge is 2.61. The maximum atomic E-state index is 14.4. The van der Waals surface area contributed by atoms with Gasteiger partial charge in [0, 0.05) is 0 Å². The number of benzene rings is 2. The van der Waals surface area contributed by atoms with E-state index in [0.29, 0.717) is 0 Å². The Morgan fingerprint density at radius 2 is 1.10 bits per heavy atom. The third-order valence-corrected chi connectivity index (χ3v) is 4.95. The van der Waals surface area contributed by atoms with Crippen molar-refractivity contribution in [2.24, 2.45) is 0 Å². The van der Waals surface area contributed by atoms with Crippen molar-refractivity contribution in [3.63, 3.8) is 0 Å². The summed E-state index contributed by atoms with van der Waals surface area (Å²) in [5.41, 5.74) is -7.74. The molecule has 0 atom stereocenters. The molecule has 148 valence electrons. The normalized spacial score (nSPS) is 15.9. The van der Waals surface area contributed by atoms with Gasteiger partial charge >= 0.3 is 30.1 Å². The van der Waals surface area contributed by atoms with Crippen molar-refractivity contribution in [3.8, 4) is 0 Å². The molecule has 0 saturated carbocycles. The minimum Gasteiger partial charge on any atom is -0.386 e. The zero-order valence-electron chi connectivity index (χ0n) is 14.1. The second kappa shape index (κ2) is 5.97. The number of hydrogen-bond donors (Lipinski definition) is 0. The molecule has 0 aromatic heterocycles. The van der Waals surface area contributed by atoms with Gasteiger partial charge in [0.15, 0.2) is 0 Å². The fourth-order valence-corrected chi connectivity index (χ4v) is 3.65. The molecule has 10 heteroatoms. The summed E-state index contributed by atoms with van der Waals surface area (Å²) in [6, 6.07) is 5.87. The van der Waals surface area contributed by atoms with E-state index in [1.807, 2.05) is 0 Å². The van der Waals surface area contributed by atoms with Crippen molar-refractivity contribution >= 4 is 23.9 Å². The first-order chi connectivity index (χ1) is 13.6. The van der Waals surface area contributed by atoms with Gasteiger partial charge in [-0.2, -0.15) is 13.2 Å². The summed E-state index contributed by atoms with van der Waals surface area (Å²) in [7, 11) is 0. The number of ether oxygens (including phenoxy) is 2. The molecule has 2 aromatic carbocycles. The minimum absolute atomic E-state index is 0.458. The average molecular weight is 408 g/mol. The van der Waals surface area contributed by atoms with Crippen LogP contribution in [0.5, 0.6) is 0 Å². The summed E-state index contributed by atoms with van der Waals surface area (Å²) in [5.74, 6) is -5.08. The molecule has 0 spiro atoms. The molecule has 0 unspecified atom stereocenters. The largest absolute Gasteiger partial charge is 0.404 e. The van der Waals surface area contributed by atoms with Crippen LogP contribution in [0.1, 0.15) is 52.6 Å². The summed E-state index contributed by atoms with van der Waals surface area (Å²) >= 11 is 0. The molecule has 0 N–H and O–H groups in total. The van der Waals surface area contributed by atoms with E-state index in [9.17, 15) is 36.7 Å². The zero-order valence-corrected chi connectivity index (χ0v) is 14.1. The van der Waals surface area contributed by atoms with Gasteiger partial charge in [-0.05, 0) is 23.3 Å². The lowest BCUT2D eigenvalue weighted by Crippen LogP contribution is -2.47. The van der Waals surface area contributed by atoms with Crippen molar-refractivity contribution in [1.82, 2.24) is 0 Å². The SMILES string of the molecule is O=C1OC(=O)c2c1cccc2C(CF)(c1cccc2c1C(=O)OC2=O)C(F)(F)F. The summed E-state index contributed by atoms with van der Waals surface area (Å²) in [5, 5.41) is 0. The number of alkyl halides is 4. The summed E-state index contributed by atoms with van der Waals surface area (Å²) in [4.78, 5) is 47.7. The van der Waals surface area contributed by atoms with Gasteiger partial charge in [-0.1, -0.05) is 24.3 Å². The van der Waals surface area contributed by atoms with E-state index in [1.165, 1.54) is 0 Å². The van der Waals surface area contributed by atoms with Crippen LogP contribution in [0, 0.1) is 0 Å². The predicted molar refractivity (Wildman–Crippen MR) is 85.2 cm³/mol. The van der Waals surface area contributed by atoms with Gasteiger partial charge in [-0.3, -0.25) is 0 Å². The molecule has 0 aliphatic carbocycles. The topological polar surface area (TPSA) is 86.7 Å². The van der Waals surface area contributed by atoms with Crippen LogP contribution in [-0.2, 0) is 14.9 Å². The molecule has 0 fully saturated rings. The van der Waals surface area contributed by atoms with Gasteiger partial charge in [0.1, 0.15) is 12.1 Å². The molecule has 2 aliphatic rings. The molecule has 6 nitrogen and oxygen atoms in total. The Kier molecular flexibility index (Phi) is 3.87. The van der Waals surface area contributed by atoms with Crippen LogP contribution in [0.4, 0.5) is 17.6 Å². The minimum atomic E-state index is -5.37. The average Bonchev–Trinajstić information content (AvgIpc) is 3.12. The molecule has 0 radical (unpaired) electrons. The van der Waals surface area contributed by atoms with Crippen molar-refractivity contribution in [1.29, 1.82) is 0 Å². The van der Waals surface area contributed by atoms with E-state index < -0.39 is 75.5 Å². The highest BCUT2D eigenvalue weighted by atomic mass is 19.4. The maximum Gasteiger partial charge on any atom is 0.404 e. The van der Waals surface area contributed by atoms with Crippen molar-refractivity contribution in [3.05, 3.63) is 69.8 Å². The van der Waals surface area contributed by atoms with Crippen LogP contribution in [-0.4, -0.2) is 36.7 Å². The Morgan fingerprint density at radius 3 is 1.45 bits per heavy atom. The molecule has 29 heavy (non-hydrogen) atoms. The van der Waals surface area contributed by atoms with E-state index in [2.05, 4.69) is 9.47 Å². The van der Waals surface area contributed by atoms with Gasteiger partial charge in [-0.25, -0.2) is 23.6 Å². The molecule has 2 heterocycles. The highest BCUT2D eigenvalue weighted by Crippen LogP contribution is 2.51. The van der Waals surface area contributed by atoms with E-state index in [4.69, 9.17) is 0 Å². The second-order valence-electron chi connectivity index (χ2n) is 6.35. The van der Waals surface area contributed by atoms with Crippen molar-refractivity contribution < 1.29 is 46.2 Å². The first-order valence-corrected chi connectivity index (χ1v) is 8.06. The van der Waals surface area contributed by atoms with E-state index in [-0.39, 0.29) is 0 Å². The molecule has 0 bridgehead atoms. The van der Waals surface area contributed by atoms with Crippen LogP contribution in [0.2, 0.25) is 0 Å². The quantitative estimate of drug-likeness (QED) is 0.441. The predicted octanol–water partition coefficient (Wildman–Crippen LogP) is 3.13. The van der Waals surface area contributed by atoms with E-state index >= 15 is 0 Å². The summed E-state index contributed by atoms with van der Waals surface area (Å²) in [6.07, 6.45) is -5.37. The molecule has 0 saturated heterocycles. The van der Waals surface area contributed by atoms with E-state index in [0.717, 1.165) is 36.4 Å². The standard InChI is InChI=1S/C19H8F4O6/c20-7-18(19(21,22)23,10-5-1-3-8-12(10)16(26)28-14(8)24)11-6-2-4-9-13(11)17(27)29-15(9)25/h1-6H,7H2. The zero-order chi connectivity index (χ0) is 21.1. The van der Waals surface area contributed by atoms with Crippen molar-refractivity contribution in [2.75, 3.05) is 6.67 Å². The molecule has 0 amide bonds. The van der Waals surface area contributed by atoms with Crippen LogP contribution in [0.3, 0.4) is 0 Å². The molecular formula is C19H8F4O6. The number of rotatable bonds is 3. The summed E-state index contributed by atoms with van der Waals surface area (Å²) < 4.78 is 66.4. The lowest BCUT2D eigenvalue weighted by molar-refractivity contribution is -0.182. The Morgan fingerprint density at radius 1 is 0.690 bits per heavy atom. The number of halogens is 4. The van der Waals surface area contributed by atoms with Gasteiger partial charge in [-0.15, -0.1) is 0 Å². The third kappa shape index (κ3) is 2.35. The monoisotopic (exact) mass is 408 g/mol. The Labute approximate surface area is 159 Å². The molecule has 2 aliphatic heterocycles. The molecular weight excluding hydrogens is 400 g/mol. The second-order valence-corrected chi connectivity index (χ2v) is 6.35. The Balaban J connectivity index is 2.14. The third-order valence-electron chi connectivity index (χ3n) is 4.95. The highest BCUT2D eigenvalue weighted by molar-refractivity contribution is 6.17. The van der Waals surface area contributed by atoms with Crippen molar-refractivity contribution in [2.45, 2.75) is 11.6 Å². The number of esters is 4. The fourth-order valence-electron chi connectivity index (χ4n) is 3.65. The van der Waals surface area contributed by atoms with E-state index in [1.54, 1.807) is 0 Å². The Bertz CT molecular complexity index is 1040. The smallest absolute Gasteiger partial charge is 0.386 e. The number of fused-ring (bicyclic) bond motifs is 2. The number of carbonyl (C=O) groups is 4. The lowest BCUT2D eigenvalue weighted by Gasteiger charge is -2.35. The first kappa shape index (κ1) is 18.8. The molecule has 2 aromatic rings. The first-order valence-electron chi connectivity index (χ1n) is 8.06. The van der Waals surface area contributed by atoms with Crippen LogP contribution in [0.25, 0.3) is 0 Å². The van der Waals surface area contributed by atoms with Gasteiger partial charge in [0.2, 0.25) is 0 Å². The lowest BCUT2D eigenvalue weighted by atomic mass is 9.70. The van der Waals surface area contributed by atoms with Gasteiger partial charge in [0.05, 0.1) is 22.3 Å². The molecule has 4 rings (SSSR count). The number of carbonyl (C=O) groups excluding carboxylic acids is 4. The fraction of sp³-hybridized carbons (Fsp3) is 0.158. The van der Waals surface area contributed by atoms with Crippen LogP contribution in [0.15, 0.2) is 36.4 Å². The number of cyclic esters (lactones) is 4. The van der Waals surface area contributed by atoms with Crippen LogP contribution < -0.4 is 0 Å². The summed E-state index contributed by atoms with van der Waals surface area (Å²) in [6.45, 7) is -2.12. The van der Waals surface area contributed by atoms with Gasteiger partial charge < -0.3 is 9.47 Å². The Hall–Kier alpha value is -3.56. The van der Waals surface area contributed by atoms with Crippen LogP contribution >= 0.6 is 0 Å². The maximum absolute atomic E-state index is 14.4. The van der Waals surface area contributed by atoms with Gasteiger partial charge in [0.25, 0.3) is 0 Å². The number of hydrogen-bond acceptors (Lipinski definition) is 6.